The van der Waals surface area contributed by atoms with Gasteiger partial charge in [-0.05, 0) is 12.1 Å². The van der Waals surface area contributed by atoms with Crippen molar-refractivity contribution in [2.45, 2.75) is 11.1 Å². The predicted octanol–water partition coefficient (Wildman–Crippen LogP) is 2.68. The molecule has 0 unspecified atom stereocenters. The van der Waals surface area contributed by atoms with Crippen LogP contribution in [0.15, 0.2) is 24.3 Å². The Morgan fingerprint density at radius 2 is 2.12 bits per heavy atom. The number of hydrogen-bond acceptors (Lipinski definition) is 3. The van der Waals surface area contributed by atoms with E-state index in [0.29, 0.717) is 5.02 Å². The lowest BCUT2D eigenvalue weighted by molar-refractivity contribution is 0.101. The fraction of sp³-hybridized carbons (Fsp3) is 0.300. The maximum atomic E-state index is 11.8. The summed E-state index contributed by atoms with van der Waals surface area (Å²) < 4.78 is 21.8. The molecule has 6 heteroatoms. The molecule has 0 N–H and O–H groups in total. The van der Waals surface area contributed by atoms with Crippen molar-refractivity contribution in [3.8, 4) is 0 Å². The second kappa shape index (κ2) is 5.29. The van der Waals surface area contributed by atoms with Gasteiger partial charge < -0.3 is 0 Å². The van der Waals surface area contributed by atoms with Gasteiger partial charge in [-0.2, -0.15) is 0 Å². The van der Waals surface area contributed by atoms with Crippen LogP contribution in [0.2, 0.25) is 5.02 Å². The number of hydrogen-bond donors (Lipinski definition) is 0. The summed E-state index contributed by atoms with van der Waals surface area (Å²) in [5, 5.41) is 0.402. The largest absolute Gasteiger partial charge is 0.292 e. The molecule has 0 fully saturated rings. The first-order chi connectivity index (χ1) is 7.38. The zero-order chi connectivity index (χ0) is 12.3. The lowest BCUT2D eigenvalue weighted by atomic mass is 10.1. The summed E-state index contributed by atoms with van der Waals surface area (Å²) in [6, 6.07) is 6.21. The normalized spacial score (nSPS) is 13.4. The monoisotopic (exact) mass is 324 g/mol. The zero-order valence-corrected chi connectivity index (χ0v) is 11.6. The third-order valence-corrected chi connectivity index (χ3v) is 6.04. The Morgan fingerprint density at radius 1 is 1.50 bits per heavy atom. The molecule has 1 rings (SSSR count). The molecule has 0 saturated heterocycles. The molecule has 0 saturated carbocycles. The topological polar surface area (TPSA) is 51.2 Å². The molecule has 1 aromatic carbocycles. The van der Waals surface area contributed by atoms with Crippen LogP contribution >= 0.6 is 27.5 Å². The molecule has 0 aliphatic rings. The van der Waals surface area contributed by atoms with Crippen molar-refractivity contribution in [3.63, 3.8) is 0 Å². The zero-order valence-electron chi connectivity index (χ0n) is 8.48. The second-order valence-corrected chi connectivity index (χ2v) is 7.47. The van der Waals surface area contributed by atoms with Crippen LogP contribution in [0.4, 0.5) is 0 Å². The molecule has 0 radical (unpaired) electrons. The van der Waals surface area contributed by atoms with Gasteiger partial charge in [0.2, 0.25) is 0 Å². The summed E-state index contributed by atoms with van der Waals surface area (Å²) in [4.78, 5) is 11.8. The van der Waals surface area contributed by atoms with Crippen LogP contribution < -0.4 is 0 Å². The van der Waals surface area contributed by atoms with Crippen molar-refractivity contribution in [1.82, 2.24) is 0 Å². The summed E-state index contributed by atoms with van der Waals surface area (Å²) in [5.74, 6) is -0.584. The van der Waals surface area contributed by atoms with Crippen LogP contribution in [0.25, 0.3) is 0 Å². The Kier molecular flexibility index (Phi) is 4.52. The van der Waals surface area contributed by atoms with Crippen molar-refractivity contribution in [2.75, 3.05) is 5.75 Å². The van der Waals surface area contributed by atoms with E-state index in [1.165, 1.54) is 19.1 Å². The molecule has 0 aliphatic carbocycles. The third-order valence-electron chi connectivity index (χ3n) is 2.03. The van der Waals surface area contributed by atoms with Gasteiger partial charge in [-0.3, -0.25) is 4.79 Å². The van der Waals surface area contributed by atoms with Gasteiger partial charge in [0.05, 0.1) is 0 Å². The van der Waals surface area contributed by atoms with Gasteiger partial charge >= 0.3 is 0 Å². The van der Waals surface area contributed by atoms with Crippen molar-refractivity contribution < 1.29 is 13.2 Å². The maximum Gasteiger partial charge on any atom is 0.191 e. The highest BCUT2D eigenvalue weighted by molar-refractivity contribution is 9.11. The summed E-state index contributed by atoms with van der Waals surface area (Å²) >= 11 is 8.63. The average molecular weight is 326 g/mol. The molecule has 1 atom stereocenters. The fourth-order valence-corrected chi connectivity index (χ4v) is 3.08. The van der Waals surface area contributed by atoms with E-state index in [4.69, 9.17) is 11.6 Å². The number of sulfone groups is 1. The molecule has 0 bridgehead atoms. The minimum Gasteiger partial charge on any atom is -0.292 e. The van der Waals surface area contributed by atoms with Gasteiger partial charge in [-0.1, -0.05) is 46.6 Å². The highest BCUT2D eigenvalue weighted by atomic mass is 79.9. The Bertz CT molecular complexity index is 499. The van der Waals surface area contributed by atoms with Crippen LogP contribution in [-0.4, -0.2) is 24.1 Å². The van der Waals surface area contributed by atoms with Crippen LogP contribution in [0.3, 0.4) is 0 Å². The fourth-order valence-electron chi connectivity index (χ4n) is 1.08. The minimum atomic E-state index is -3.43. The van der Waals surface area contributed by atoms with Crippen molar-refractivity contribution in [3.05, 3.63) is 34.9 Å². The van der Waals surface area contributed by atoms with Gasteiger partial charge in [-0.25, -0.2) is 8.42 Å². The Hall–Kier alpha value is -0.390. The van der Waals surface area contributed by atoms with Crippen LogP contribution in [0, 0.1) is 0 Å². The third kappa shape index (κ3) is 3.06. The van der Waals surface area contributed by atoms with E-state index in [1.54, 1.807) is 12.1 Å². The van der Waals surface area contributed by atoms with Crippen molar-refractivity contribution in [2.24, 2.45) is 0 Å². The number of carbonyl (C=O) groups excluding carboxylic acids is 1. The first-order valence-corrected chi connectivity index (χ1v) is 7.55. The van der Waals surface area contributed by atoms with Crippen molar-refractivity contribution in [1.29, 1.82) is 0 Å². The quantitative estimate of drug-likeness (QED) is 0.632. The van der Waals surface area contributed by atoms with Gasteiger partial charge in [-0.15, -0.1) is 0 Å². The number of carbonyl (C=O) groups is 1. The Labute approximate surface area is 108 Å². The van der Waals surface area contributed by atoms with E-state index in [9.17, 15) is 13.2 Å². The summed E-state index contributed by atoms with van der Waals surface area (Å²) in [6.45, 7) is 1.49. The SMILES string of the molecule is CCS(=O)(=O)[C@@H](Br)C(=O)c1cccc(Cl)c1. The van der Waals surface area contributed by atoms with Crippen molar-refractivity contribution >= 4 is 43.2 Å². The molecule has 1 aromatic rings. The molecule has 3 nitrogen and oxygen atoms in total. The maximum absolute atomic E-state index is 11.8. The lowest BCUT2D eigenvalue weighted by Gasteiger charge is -2.08. The number of benzene rings is 1. The molecule has 0 amide bonds. The molecule has 88 valence electrons. The molecule has 16 heavy (non-hydrogen) atoms. The number of ketones is 1. The summed E-state index contributed by atoms with van der Waals surface area (Å²) in [5.41, 5.74) is 0.284. The van der Waals surface area contributed by atoms with Gasteiger partial charge in [0, 0.05) is 16.3 Å². The van der Waals surface area contributed by atoms with E-state index in [1.807, 2.05) is 0 Å². The number of Topliss-reactive ketones (excluding diaryl/α,β-unsaturated/α-hetero) is 1. The summed E-state index contributed by atoms with van der Waals surface area (Å²) in [6.07, 6.45) is 0. The first kappa shape index (κ1) is 13.7. The lowest BCUT2D eigenvalue weighted by Crippen LogP contribution is -2.26. The van der Waals surface area contributed by atoms with E-state index in [2.05, 4.69) is 15.9 Å². The van der Waals surface area contributed by atoms with Crippen LogP contribution in [-0.2, 0) is 9.84 Å². The van der Waals surface area contributed by atoms with E-state index >= 15 is 0 Å². The molecule has 0 spiro atoms. The highest BCUT2D eigenvalue weighted by Crippen LogP contribution is 2.19. The van der Waals surface area contributed by atoms with Gasteiger partial charge in [0.1, 0.15) is 0 Å². The van der Waals surface area contributed by atoms with Gasteiger partial charge in [0.15, 0.2) is 19.8 Å². The number of alkyl halides is 1. The van der Waals surface area contributed by atoms with Crippen LogP contribution in [0.1, 0.15) is 17.3 Å². The first-order valence-electron chi connectivity index (χ1n) is 4.54. The van der Waals surface area contributed by atoms with Crippen LogP contribution in [0.5, 0.6) is 0 Å². The molecule has 0 heterocycles. The molecule has 0 aliphatic heterocycles. The summed E-state index contributed by atoms with van der Waals surface area (Å²) in [7, 11) is -3.43. The van der Waals surface area contributed by atoms with E-state index in [-0.39, 0.29) is 11.3 Å². The number of halogens is 2. The second-order valence-electron chi connectivity index (χ2n) is 3.14. The van der Waals surface area contributed by atoms with E-state index in [0.717, 1.165) is 0 Å². The molecular weight excluding hydrogens is 316 g/mol. The highest BCUT2D eigenvalue weighted by Gasteiger charge is 2.28. The Balaban J connectivity index is 3.04. The minimum absolute atomic E-state index is 0.0881. The number of rotatable bonds is 4. The standard InChI is InChI=1S/C10H10BrClO3S/c1-2-16(14,15)10(11)9(13)7-4-3-5-8(12)6-7/h3-6,10H,2H2,1H3/t10-/m1/s1. The molecule has 0 aromatic heterocycles. The van der Waals surface area contributed by atoms with E-state index < -0.39 is 19.8 Å². The molecular formula is C10H10BrClO3S. The Morgan fingerprint density at radius 3 is 2.62 bits per heavy atom. The average Bonchev–Trinajstić information content (AvgIpc) is 2.27. The predicted molar refractivity (Wildman–Crippen MR) is 68.0 cm³/mol. The smallest absolute Gasteiger partial charge is 0.191 e. The van der Waals surface area contributed by atoms with Gasteiger partial charge in [0.25, 0.3) is 0 Å².